The van der Waals surface area contributed by atoms with E-state index in [2.05, 4.69) is 15.3 Å². The number of hydrogen-bond acceptors (Lipinski definition) is 6. The van der Waals surface area contributed by atoms with Crippen molar-refractivity contribution in [1.82, 2.24) is 0 Å². The second kappa shape index (κ2) is 8.88. The lowest BCUT2D eigenvalue weighted by atomic mass is 9.63. The lowest BCUT2D eigenvalue weighted by Crippen LogP contribution is -2.56. The Morgan fingerprint density at radius 3 is 1.34 bits per heavy atom. The molecule has 38 heavy (non-hydrogen) atoms. The lowest BCUT2D eigenvalue weighted by Gasteiger charge is -2.35. The van der Waals surface area contributed by atoms with Gasteiger partial charge in [-0.05, 0) is 50.2 Å². The average molecular weight is 505 g/mol. The third kappa shape index (κ3) is 3.39. The van der Waals surface area contributed by atoms with Crippen LogP contribution < -0.4 is 15.0 Å². The number of amides is 3. The minimum Gasteiger partial charge on any atom is -0.272 e. The summed E-state index contributed by atoms with van der Waals surface area (Å²) >= 11 is 0. The van der Waals surface area contributed by atoms with Crippen LogP contribution >= 0.6 is 0 Å². The van der Waals surface area contributed by atoms with Crippen LogP contribution in [0.5, 0.6) is 0 Å². The molecule has 0 aromatic heterocycles. The molecule has 9 heteroatoms. The second-order valence-corrected chi connectivity index (χ2v) is 9.45. The zero-order chi connectivity index (χ0) is 26.4. The van der Waals surface area contributed by atoms with Crippen LogP contribution in [-0.4, -0.2) is 35.4 Å². The van der Waals surface area contributed by atoms with Crippen molar-refractivity contribution in [2.45, 2.75) is 13.8 Å². The minimum atomic E-state index is -1.65. The standard InChI is InChI=1S/C29H24N6O3/c1-19-24(26(36)33(31-19)21-12-6-3-7-13-21)29(18-30-35(28(29)38)23-16-10-5-11-17-23)25-20(2)32-34(27(25)37)22-14-8-4-9-15-22/h3-18,24-25H,1-2H3. The van der Waals surface area contributed by atoms with Crippen LogP contribution in [0.3, 0.4) is 0 Å². The van der Waals surface area contributed by atoms with E-state index in [1.807, 2.05) is 42.5 Å². The summed E-state index contributed by atoms with van der Waals surface area (Å²) in [6.07, 6.45) is 1.45. The summed E-state index contributed by atoms with van der Waals surface area (Å²) < 4.78 is 0. The third-order valence-corrected chi connectivity index (χ3v) is 7.17. The molecule has 2 atom stereocenters. The highest BCUT2D eigenvalue weighted by Crippen LogP contribution is 2.48. The van der Waals surface area contributed by atoms with E-state index in [-0.39, 0.29) is 0 Å². The quantitative estimate of drug-likeness (QED) is 0.524. The Bertz CT molecular complexity index is 1440. The van der Waals surface area contributed by atoms with E-state index in [9.17, 15) is 14.4 Å². The molecule has 3 aromatic carbocycles. The number of rotatable bonds is 5. The normalized spacial score (nSPS) is 24.9. The van der Waals surface area contributed by atoms with Crippen molar-refractivity contribution in [3.8, 4) is 0 Å². The van der Waals surface area contributed by atoms with Gasteiger partial charge in [0, 0.05) is 17.6 Å². The largest absolute Gasteiger partial charge is 0.272 e. The van der Waals surface area contributed by atoms with Gasteiger partial charge in [0.05, 0.1) is 17.1 Å². The summed E-state index contributed by atoms with van der Waals surface area (Å²) in [4.78, 5) is 42.5. The molecule has 0 spiro atoms. The van der Waals surface area contributed by atoms with Crippen LogP contribution in [0.15, 0.2) is 106 Å². The molecule has 3 aliphatic heterocycles. The first-order valence-corrected chi connectivity index (χ1v) is 12.3. The van der Waals surface area contributed by atoms with Gasteiger partial charge in [0.2, 0.25) is 0 Å². The molecule has 3 aliphatic rings. The van der Waals surface area contributed by atoms with Gasteiger partial charge < -0.3 is 0 Å². The van der Waals surface area contributed by atoms with Gasteiger partial charge in [-0.2, -0.15) is 15.3 Å². The molecule has 0 radical (unpaired) electrons. The monoisotopic (exact) mass is 504 g/mol. The van der Waals surface area contributed by atoms with Crippen LogP contribution in [0.2, 0.25) is 0 Å². The predicted octanol–water partition coefficient (Wildman–Crippen LogP) is 4.08. The molecular formula is C29H24N6O3. The molecule has 3 heterocycles. The van der Waals surface area contributed by atoms with E-state index in [1.165, 1.54) is 21.2 Å². The molecule has 0 aliphatic carbocycles. The van der Waals surface area contributed by atoms with E-state index in [0.29, 0.717) is 28.5 Å². The van der Waals surface area contributed by atoms with Gasteiger partial charge in [0.25, 0.3) is 17.7 Å². The van der Waals surface area contributed by atoms with Crippen LogP contribution in [0.4, 0.5) is 17.1 Å². The molecule has 0 saturated heterocycles. The number of carbonyl (C=O) groups excluding carboxylic acids is 3. The highest BCUT2D eigenvalue weighted by molar-refractivity contribution is 6.30. The van der Waals surface area contributed by atoms with Crippen molar-refractivity contribution >= 4 is 52.4 Å². The molecule has 3 aromatic rings. The number of benzene rings is 3. The molecule has 0 fully saturated rings. The fraction of sp³-hybridized carbons (Fsp3) is 0.172. The average Bonchev–Trinajstić information content (AvgIpc) is 3.55. The van der Waals surface area contributed by atoms with E-state index < -0.39 is 35.0 Å². The van der Waals surface area contributed by atoms with E-state index in [1.54, 1.807) is 62.4 Å². The molecule has 2 unspecified atom stereocenters. The highest BCUT2D eigenvalue weighted by Gasteiger charge is 2.66. The van der Waals surface area contributed by atoms with Gasteiger partial charge in [-0.3, -0.25) is 14.4 Å². The van der Waals surface area contributed by atoms with Crippen LogP contribution in [-0.2, 0) is 14.4 Å². The SMILES string of the molecule is CC1=NN(c2ccccc2)C(=O)C1C1(C2C(=O)N(c3ccccc3)N=C2C)C=NN(c2ccccc2)C1=O. The summed E-state index contributed by atoms with van der Waals surface area (Å²) in [5.41, 5.74) is 0.880. The molecule has 188 valence electrons. The molecule has 6 rings (SSSR count). The summed E-state index contributed by atoms with van der Waals surface area (Å²) in [6.45, 7) is 3.42. The van der Waals surface area contributed by atoms with E-state index >= 15 is 0 Å². The fourth-order valence-electron chi connectivity index (χ4n) is 5.50. The number of hydrogen-bond donors (Lipinski definition) is 0. The summed E-state index contributed by atoms with van der Waals surface area (Å²) in [7, 11) is 0. The Balaban J connectivity index is 1.48. The summed E-state index contributed by atoms with van der Waals surface area (Å²) in [5.74, 6) is -3.39. The van der Waals surface area contributed by atoms with Crippen molar-refractivity contribution in [1.29, 1.82) is 0 Å². The first-order valence-electron chi connectivity index (χ1n) is 12.3. The van der Waals surface area contributed by atoms with E-state index in [0.717, 1.165) is 0 Å². The molecular weight excluding hydrogens is 480 g/mol. The Labute approximate surface area is 219 Å². The van der Waals surface area contributed by atoms with Gasteiger partial charge >= 0.3 is 0 Å². The van der Waals surface area contributed by atoms with Gasteiger partial charge in [0.15, 0.2) is 0 Å². The molecule has 0 bridgehead atoms. The third-order valence-electron chi connectivity index (χ3n) is 7.17. The number of carbonyl (C=O) groups is 3. The van der Waals surface area contributed by atoms with Gasteiger partial charge in [0.1, 0.15) is 17.3 Å². The first kappa shape index (κ1) is 23.5. The van der Waals surface area contributed by atoms with Crippen molar-refractivity contribution in [3.63, 3.8) is 0 Å². The number of para-hydroxylation sites is 3. The van der Waals surface area contributed by atoms with Gasteiger partial charge in [-0.15, -0.1) is 0 Å². The maximum Gasteiger partial charge on any atom is 0.261 e. The Morgan fingerprint density at radius 2 is 0.947 bits per heavy atom. The highest BCUT2D eigenvalue weighted by atomic mass is 16.2. The maximum absolute atomic E-state index is 14.4. The first-order chi connectivity index (χ1) is 18.4. The molecule has 9 nitrogen and oxygen atoms in total. The fourth-order valence-corrected chi connectivity index (χ4v) is 5.50. The zero-order valence-corrected chi connectivity index (χ0v) is 20.8. The number of nitrogens with zero attached hydrogens (tertiary/aromatic N) is 6. The number of anilines is 3. The van der Waals surface area contributed by atoms with Crippen molar-refractivity contribution < 1.29 is 14.4 Å². The van der Waals surface area contributed by atoms with Gasteiger partial charge in [-0.1, -0.05) is 54.6 Å². The van der Waals surface area contributed by atoms with Gasteiger partial charge in [-0.25, -0.2) is 15.0 Å². The molecule has 0 saturated carbocycles. The van der Waals surface area contributed by atoms with Crippen LogP contribution in [0.25, 0.3) is 0 Å². The Hall–Kier alpha value is -4.92. The predicted molar refractivity (Wildman–Crippen MR) is 146 cm³/mol. The lowest BCUT2D eigenvalue weighted by molar-refractivity contribution is -0.136. The summed E-state index contributed by atoms with van der Waals surface area (Å²) in [6, 6.07) is 27.0. The second-order valence-electron chi connectivity index (χ2n) is 9.45. The smallest absolute Gasteiger partial charge is 0.261 e. The molecule has 0 N–H and O–H groups in total. The summed E-state index contributed by atoms with van der Waals surface area (Å²) in [5, 5.41) is 17.4. The van der Waals surface area contributed by atoms with Crippen molar-refractivity contribution in [2.24, 2.45) is 32.6 Å². The van der Waals surface area contributed by atoms with Crippen LogP contribution in [0, 0.1) is 17.3 Å². The van der Waals surface area contributed by atoms with E-state index in [4.69, 9.17) is 0 Å². The Morgan fingerprint density at radius 1 is 0.579 bits per heavy atom. The zero-order valence-electron chi connectivity index (χ0n) is 20.8. The topological polar surface area (TPSA) is 98.0 Å². The molecule has 3 amide bonds. The van der Waals surface area contributed by atoms with Crippen molar-refractivity contribution in [3.05, 3.63) is 91.0 Å². The maximum atomic E-state index is 14.4. The number of hydrazone groups is 3. The van der Waals surface area contributed by atoms with Crippen molar-refractivity contribution in [2.75, 3.05) is 15.0 Å². The Kier molecular flexibility index (Phi) is 5.48. The minimum absolute atomic E-state index is 0.401. The van der Waals surface area contributed by atoms with Crippen LogP contribution in [0.1, 0.15) is 13.8 Å².